The van der Waals surface area contributed by atoms with E-state index in [1.54, 1.807) is 0 Å². The van der Waals surface area contributed by atoms with Crippen molar-refractivity contribution in [3.05, 3.63) is 33.5 Å². The van der Waals surface area contributed by atoms with Crippen LogP contribution in [0.2, 0.25) is 5.02 Å². The van der Waals surface area contributed by atoms with E-state index in [-0.39, 0.29) is 0 Å². The minimum atomic E-state index is 0.581. The molecule has 18 heavy (non-hydrogen) atoms. The van der Waals surface area contributed by atoms with E-state index in [1.807, 2.05) is 29.8 Å². The molecule has 1 saturated carbocycles. The van der Waals surface area contributed by atoms with Crippen molar-refractivity contribution in [2.24, 2.45) is 7.05 Å². The van der Waals surface area contributed by atoms with Gasteiger partial charge in [0.25, 0.3) is 0 Å². The van der Waals surface area contributed by atoms with Crippen molar-refractivity contribution in [2.45, 2.75) is 18.8 Å². The number of hydrogen-bond donors (Lipinski definition) is 1. The van der Waals surface area contributed by atoms with Crippen molar-refractivity contribution in [1.29, 1.82) is 0 Å². The molecule has 1 heterocycles. The molecular weight excluding hydrogens is 314 g/mol. The van der Waals surface area contributed by atoms with E-state index < -0.39 is 0 Å². The Kier molecular flexibility index (Phi) is 2.87. The molecule has 2 aromatic rings. The quantitative estimate of drug-likeness (QED) is 0.907. The van der Waals surface area contributed by atoms with Gasteiger partial charge in [0.15, 0.2) is 0 Å². The third-order valence-electron chi connectivity index (χ3n) is 3.31. The van der Waals surface area contributed by atoms with Crippen LogP contribution in [0.15, 0.2) is 22.7 Å². The van der Waals surface area contributed by atoms with Crippen molar-refractivity contribution in [2.75, 3.05) is 5.73 Å². The lowest BCUT2D eigenvalue weighted by molar-refractivity contribution is 0.807. The minimum Gasteiger partial charge on any atom is -0.383 e. The van der Waals surface area contributed by atoms with Gasteiger partial charge in [-0.2, -0.15) is 0 Å². The average Bonchev–Trinajstić information content (AvgIpc) is 3.13. The monoisotopic (exact) mass is 325 g/mol. The first-order valence-electron chi connectivity index (χ1n) is 5.85. The molecule has 3 nitrogen and oxygen atoms in total. The van der Waals surface area contributed by atoms with Crippen molar-refractivity contribution in [3.8, 4) is 11.3 Å². The number of nitrogens with zero attached hydrogens (tertiary/aromatic N) is 2. The molecule has 0 atom stereocenters. The van der Waals surface area contributed by atoms with Gasteiger partial charge in [0.1, 0.15) is 17.3 Å². The second-order valence-electron chi connectivity index (χ2n) is 4.67. The van der Waals surface area contributed by atoms with E-state index in [0.29, 0.717) is 16.8 Å². The Balaban J connectivity index is 2.10. The summed E-state index contributed by atoms with van der Waals surface area (Å²) in [5, 5.41) is 0.672. The number of anilines is 1. The zero-order chi connectivity index (χ0) is 12.9. The van der Waals surface area contributed by atoms with E-state index >= 15 is 0 Å². The van der Waals surface area contributed by atoms with Crippen LogP contribution in [0.5, 0.6) is 0 Å². The van der Waals surface area contributed by atoms with Gasteiger partial charge in [0.05, 0.1) is 5.02 Å². The van der Waals surface area contributed by atoms with Crippen LogP contribution in [0.3, 0.4) is 0 Å². The second kappa shape index (κ2) is 4.28. The van der Waals surface area contributed by atoms with Crippen molar-refractivity contribution >= 4 is 33.3 Å². The van der Waals surface area contributed by atoms with Gasteiger partial charge in [-0.15, -0.1) is 0 Å². The Morgan fingerprint density at radius 1 is 1.44 bits per heavy atom. The maximum atomic E-state index is 6.13. The van der Waals surface area contributed by atoms with E-state index in [9.17, 15) is 0 Å². The van der Waals surface area contributed by atoms with Gasteiger partial charge in [-0.05, 0) is 40.9 Å². The van der Waals surface area contributed by atoms with Crippen molar-refractivity contribution in [3.63, 3.8) is 0 Å². The molecule has 1 aromatic carbocycles. The molecule has 2 N–H and O–H groups in total. The van der Waals surface area contributed by atoms with Crippen LogP contribution in [-0.4, -0.2) is 9.55 Å². The molecular formula is C13H13BrClN3. The average molecular weight is 327 g/mol. The van der Waals surface area contributed by atoms with E-state index in [4.69, 9.17) is 17.3 Å². The van der Waals surface area contributed by atoms with E-state index in [0.717, 1.165) is 21.6 Å². The van der Waals surface area contributed by atoms with E-state index in [2.05, 4.69) is 20.9 Å². The lowest BCUT2D eigenvalue weighted by atomic mass is 10.1. The minimum absolute atomic E-state index is 0.581. The van der Waals surface area contributed by atoms with Gasteiger partial charge < -0.3 is 10.3 Å². The van der Waals surface area contributed by atoms with Crippen LogP contribution in [0.1, 0.15) is 24.6 Å². The highest BCUT2D eigenvalue weighted by molar-refractivity contribution is 9.10. The Morgan fingerprint density at radius 3 is 2.78 bits per heavy atom. The first kappa shape index (κ1) is 12.1. The summed E-state index contributed by atoms with van der Waals surface area (Å²) >= 11 is 9.50. The number of benzene rings is 1. The van der Waals surface area contributed by atoms with E-state index in [1.165, 1.54) is 12.8 Å². The normalized spacial score (nSPS) is 15.1. The molecule has 0 radical (unpaired) electrons. The zero-order valence-corrected chi connectivity index (χ0v) is 12.3. The first-order valence-corrected chi connectivity index (χ1v) is 7.02. The Hall–Kier alpha value is -1.00. The molecule has 1 fully saturated rings. The summed E-state index contributed by atoms with van der Waals surface area (Å²) in [6.45, 7) is 0. The van der Waals surface area contributed by atoms with Gasteiger partial charge in [-0.3, -0.25) is 0 Å². The van der Waals surface area contributed by atoms with Gasteiger partial charge in [0, 0.05) is 23.0 Å². The highest BCUT2D eigenvalue weighted by Crippen LogP contribution is 2.42. The van der Waals surface area contributed by atoms with Crippen LogP contribution in [0.25, 0.3) is 11.3 Å². The summed E-state index contributed by atoms with van der Waals surface area (Å²) < 4.78 is 2.87. The maximum Gasteiger partial charge on any atom is 0.131 e. The largest absolute Gasteiger partial charge is 0.383 e. The van der Waals surface area contributed by atoms with Crippen molar-refractivity contribution in [1.82, 2.24) is 9.55 Å². The fourth-order valence-corrected chi connectivity index (χ4v) is 2.52. The number of aromatic nitrogens is 2. The van der Waals surface area contributed by atoms with Crippen LogP contribution in [-0.2, 0) is 7.05 Å². The molecule has 1 aliphatic rings. The van der Waals surface area contributed by atoms with Gasteiger partial charge in [-0.1, -0.05) is 17.7 Å². The molecule has 5 heteroatoms. The summed E-state index contributed by atoms with van der Waals surface area (Å²) in [5.74, 6) is 2.37. The predicted molar refractivity (Wildman–Crippen MR) is 77.7 cm³/mol. The molecule has 0 aliphatic heterocycles. The molecule has 0 bridgehead atoms. The molecule has 0 saturated heterocycles. The topological polar surface area (TPSA) is 43.8 Å². The SMILES string of the molecule is Cn1c(C2CC2)nc(-c2ccc(Br)c(Cl)c2)c1N. The third kappa shape index (κ3) is 1.93. The van der Waals surface area contributed by atoms with Crippen molar-refractivity contribution < 1.29 is 0 Å². The standard InChI is InChI=1S/C13H13BrClN3/c1-18-12(16)11(17-13(18)7-2-3-7)8-4-5-9(14)10(15)6-8/h4-7H,2-3,16H2,1H3. The molecule has 1 aromatic heterocycles. The predicted octanol–water partition coefficient (Wildman–Crippen LogP) is 3.96. The molecule has 0 spiro atoms. The van der Waals surface area contributed by atoms with Gasteiger partial charge >= 0.3 is 0 Å². The lowest BCUT2D eigenvalue weighted by Gasteiger charge is -2.02. The number of hydrogen-bond acceptors (Lipinski definition) is 2. The second-order valence-corrected chi connectivity index (χ2v) is 5.93. The van der Waals surface area contributed by atoms with Crippen LogP contribution >= 0.6 is 27.5 Å². The number of imidazole rings is 1. The fourth-order valence-electron chi connectivity index (χ4n) is 2.09. The Bertz CT molecular complexity index is 617. The number of nitrogens with two attached hydrogens (primary N) is 1. The summed E-state index contributed by atoms with van der Waals surface area (Å²) in [6.07, 6.45) is 2.43. The number of nitrogen functional groups attached to an aromatic ring is 1. The summed E-state index contributed by atoms with van der Waals surface area (Å²) in [5.41, 5.74) is 7.92. The van der Waals surface area contributed by atoms with Crippen LogP contribution in [0, 0.1) is 0 Å². The van der Waals surface area contributed by atoms with Crippen LogP contribution < -0.4 is 5.73 Å². The highest BCUT2D eigenvalue weighted by atomic mass is 79.9. The Labute approximate surface area is 119 Å². The smallest absolute Gasteiger partial charge is 0.131 e. The van der Waals surface area contributed by atoms with Crippen LogP contribution in [0.4, 0.5) is 5.82 Å². The fraction of sp³-hybridized carbons (Fsp3) is 0.308. The molecule has 0 amide bonds. The summed E-state index contributed by atoms with van der Waals surface area (Å²) in [4.78, 5) is 4.68. The first-order chi connectivity index (χ1) is 8.58. The maximum absolute atomic E-state index is 6.13. The third-order valence-corrected chi connectivity index (χ3v) is 4.54. The zero-order valence-electron chi connectivity index (χ0n) is 9.95. The molecule has 3 rings (SSSR count). The highest BCUT2D eigenvalue weighted by Gasteiger charge is 2.29. The lowest BCUT2D eigenvalue weighted by Crippen LogP contribution is -2.00. The van der Waals surface area contributed by atoms with Gasteiger partial charge in [-0.25, -0.2) is 4.98 Å². The summed E-state index contributed by atoms with van der Waals surface area (Å²) in [7, 11) is 1.97. The van der Waals surface area contributed by atoms with Gasteiger partial charge in [0.2, 0.25) is 0 Å². The molecule has 94 valence electrons. The molecule has 1 aliphatic carbocycles. The summed E-state index contributed by atoms with van der Waals surface area (Å²) in [6, 6.07) is 5.79. The number of halogens is 2. The molecule has 0 unspecified atom stereocenters. The Morgan fingerprint density at radius 2 is 2.17 bits per heavy atom. The number of rotatable bonds is 2.